The zero-order valence-corrected chi connectivity index (χ0v) is 18.1. The molecule has 0 aliphatic carbocycles. The van der Waals surface area contributed by atoms with Crippen molar-refractivity contribution in [2.24, 2.45) is 7.05 Å². The van der Waals surface area contributed by atoms with E-state index < -0.39 is 0 Å². The van der Waals surface area contributed by atoms with Gasteiger partial charge in [-0.15, -0.1) is 0 Å². The highest BCUT2D eigenvalue weighted by molar-refractivity contribution is 5.90. The van der Waals surface area contributed by atoms with E-state index in [9.17, 15) is 4.79 Å². The third kappa shape index (κ3) is 3.36. The number of hydrogen-bond donors (Lipinski definition) is 0. The molecule has 5 rings (SSSR count). The van der Waals surface area contributed by atoms with E-state index in [-0.39, 0.29) is 29.6 Å². The summed E-state index contributed by atoms with van der Waals surface area (Å²) >= 11 is 0. The molecule has 2 aromatic heterocycles. The van der Waals surface area contributed by atoms with Gasteiger partial charge in [-0.2, -0.15) is 0 Å². The molecule has 0 radical (unpaired) electrons. The van der Waals surface area contributed by atoms with E-state index in [1.165, 1.54) is 23.2 Å². The van der Waals surface area contributed by atoms with E-state index in [0.717, 1.165) is 48.9 Å². The molecule has 0 atom stereocenters. The molecule has 2 aliphatic rings. The first kappa shape index (κ1) is 19.2. The van der Waals surface area contributed by atoms with E-state index >= 15 is 0 Å². The minimum atomic E-state index is -0.260. The van der Waals surface area contributed by atoms with Gasteiger partial charge in [0.05, 0.1) is 5.56 Å². The van der Waals surface area contributed by atoms with Crippen molar-refractivity contribution in [3.05, 3.63) is 69.3 Å². The summed E-state index contributed by atoms with van der Waals surface area (Å²) in [5.41, 5.74) is 6.16. The van der Waals surface area contributed by atoms with E-state index in [4.69, 9.17) is 4.42 Å². The Morgan fingerprint density at radius 3 is 2.61 bits per heavy atom. The molecular formula is C23H23IN2O2. The summed E-state index contributed by atoms with van der Waals surface area (Å²) in [6, 6.07) is 8.27. The van der Waals surface area contributed by atoms with Gasteiger partial charge >= 0.3 is 5.63 Å². The topological polar surface area (TPSA) is 37.3 Å². The Hall–Kier alpha value is -2.15. The summed E-state index contributed by atoms with van der Waals surface area (Å²) in [6.07, 6.45) is 12.2. The maximum absolute atomic E-state index is 12.6. The normalized spacial score (nSPS) is 15.5. The molecule has 0 unspecified atom stereocenters. The van der Waals surface area contributed by atoms with Crippen LogP contribution in [0.2, 0.25) is 0 Å². The van der Waals surface area contributed by atoms with Gasteiger partial charge in [-0.05, 0) is 55.0 Å². The molecule has 144 valence electrons. The smallest absolute Gasteiger partial charge is 0.343 e. The van der Waals surface area contributed by atoms with Gasteiger partial charge in [0.15, 0.2) is 12.4 Å². The summed E-state index contributed by atoms with van der Waals surface area (Å²) in [5, 5.41) is 1.05. The van der Waals surface area contributed by atoms with Gasteiger partial charge < -0.3 is 33.3 Å². The Bertz CT molecular complexity index is 1110. The lowest BCUT2D eigenvalue weighted by atomic mass is 9.90. The lowest BCUT2D eigenvalue weighted by Gasteiger charge is -2.37. The number of pyridine rings is 1. The maximum Gasteiger partial charge on any atom is 0.343 e. The maximum atomic E-state index is 12.6. The highest BCUT2D eigenvalue weighted by Crippen LogP contribution is 2.39. The first-order valence-electron chi connectivity index (χ1n) is 9.70. The summed E-state index contributed by atoms with van der Waals surface area (Å²) < 4.78 is 7.82. The summed E-state index contributed by atoms with van der Waals surface area (Å²) in [4.78, 5) is 15.1. The van der Waals surface area contributed by atoms with Crippen LogP contribution in [0, 0.1) is 0 Å². The van der Waals surface area contributed by atoms with Crippen LogP contribution in [0.15, 0.2) is 45.9 Å². The van der Waals surface area contributed by atoms with Crippen molar-refractivity contribution < 1.29 is 33.0 Å². The van der Waals surface area contributed by atoms with Crippen molar-refractivity contribution in [2.45, 2.75) is 25.7 Å². The number of nitrogens with zero attached hydrogens (tertiary/aromatic N) is 2. The van der Waals surface area contributed by atoms with Crippen molar-refractivity contribution in [3.8, 4) is 0 Å². The van der Waals surface area contributed by atoms with Crippen LogP contribution in [-0.4, -0.2) is 13.1 Å². The number of benzene rings is 1. The molecule has 3 aromatic rings. The molecule has 0 saturated heterocycles. The van der Waals surface area contributed by atoms with Gasteiger partial charge in [-0.3, -0.25) is 0 Å². The average molecular weight is 486 g/mol. The Morgan fingerprint density at radius 2 is 1.82 bits per heavy atom. The number of aryl methyl sites for hydroxylation is 3. The standard InChI is InChI=1S/C23H23N2O2.HI/c1-24-12-8-16(9-13-24)6-7-18-15-19-14-17-4-2-10-25-11-3-5-20(21(17)25)22(19)27-23(18)26;/h6-9,12-15H,2-5,10-11H2,1H3;1H/q+1;/p-1. The first-order chi connectivity index (χ1) is 13.2. The molecule has 0 amide bonds. The number of hydrogen-bond acceptors (Lipinski definition) is 3. The third-order valence-corrected chi connectivity index (χ3v) is 5.70. The largest absolute Gasteiger partial charge is 1.00 e. The second kappa shape index (κ2) is 7.70. The van der Waals surface area contributed by atoms with Gasteiger partial charge in [0.1, 0.15) is 12.6 Å². The monoisotopic (exact) mass is 486 g/mol. The van der Waals surface area contributed by atoms with Crippen molar-refractivity contribution in [3.63, 3.8) is 0 Å². The quantitative estimate of drug-likeness (QED) is 0.301. The predicted octanol–water partition coefficient (Wildman–Crippen LogP) is 0.491. The number of aromatic nitrogens is 1. The fourth-order valence-electron chi connectivity index (χ4n) is 4.39. The summed E-state index contributed by atoms with van der Waals surface area (Å²) in [7, 11) is 1.99. The van der Waals surface area contributed by atoms with Crippen LogP contribution in [0.5, 0.6) is 0 Å². The number of rotatable bonds is 2. The van der Waals surface area contributed by atoms with Crippen LogP contribution in [-0.2, 0) is 19.9 Å². The predicted molar refractivity (Wildman–Crippen MR) is 108 cm³/mol. The molecule has 0 fully saturated rings. The molecule has 0 bridgehead atoms. The van der Waals surface area contributed by atoms with Crippen molar-refractivity contribution >= 4 is 28.8 Å². The molecule has 28 heavy (non-hydrogen) atoms. The van der Waals surface area contributed by atoms with Gasteiger partial charge in [-0.1, -0.05) is 6.08 Å². The van der Waals surface area contributed by atoms with Crippen molar-refractivity contribution in [1.82, 2.24) is 0 Å². The van der Waals surface area contributed by atoms with Crippen LogP contribution in [0.1, 0.15) is 35.1 Å². The second-order valence-electron chi connectivity index (χ2n) is 7.59. The Morgan fingerprint density at radius 1 is 1.07 bits per heavy atom. The molecule has 4 heterocycles. The van der Waals surface area contributed by atoms with Crippen LogP contribution in [0.25, 0.3) is 23.1 Å². The molecule has 1 aromatic carbocycles. The molecule has 5 heteroatoms. The number of anilines is 1. The lowest BCUT2D eigenvalue weighted by Crippen LogP contribution is -3.00. The molecule has 0 N–H and O–H groups in total. The second-order valence-corrected chi connectivity index (χ2v) is 7.59. The average Bonchev–Trinajstić information content (AvgIpc) is 2.69. The summed E-state index contributed by atoms with van der Waals surface area (Å²) in [5.74, 6) is 0. The highest BCUT2D eigenvalue weighted by Gasteiger charge is 2.26. The fraction of sp³-hybridized carbons (Fsp3) is 0.304. The van der Waals surface area contributed by atoms with Crippen LogP contribution >= 0.6 is 0 Å². The molecule has 0 spiro atoms. The molecule has 4 nitrogen and oxygen atoms in total. The first-order valence-corrected chi connectivity index (χ1v) is 9.70. The van der Waals surface area contributed by atoms with E-state index in [0.29, 0.717) is 5.56 Å². The fourth-order valence-corrected chi connectivity index (χ4v) is 4.39. The number of fused-ring (bicyclic) bond motifs is 2. The molecule has 2 aliphatic heterocycles. The van der Waals surface area contributed by atoms with Crippen molar-refractivity contribution in [2.75, 3.05) is 18.0 Å². The van der Waals surface area contributed by atoms with E-state index in [1.807, 2.05) is 54.4 Å². The highest BCUT2D eigenvalue weighted by atomic mass is 127. The van der Waals surface area contributed by atoms with Crippen LogP contribution in [0.4, 0.5) is 5.69 Å². The van der Waals surface area contributed by atoms with Gasteiger partial charge in [0.25, 0.3) is 0 Å². The molecular weight excluding hydrogens is 463 g/mol. The SMILES string of the molecule is C[n+]1ccc(/C=C/c2cc3cc4c5c(c3oc2=O)CCCN5CCC4)cc1.[I-]. The van der Waals surface area contributed by atoms with E-state index in [2.05, 4.69) is 11.0 Å². The summed E-state index contributed by atoms with van der Waals surface area (Å²) in [6.45, 7) is 2.23. The van der Waals surface area contributed by atoms with Gasteiger partial charge in [0, 0.05) is 41.9 Å². The Balaban J connectivity index is 0.00000192. The zero-order valence-electron chi connectivity index (χ0n) is 16.0. The zero-order chi connectivity index (χ0) is 18.4. The van der Waals surface area contributed by atoms with Gasteiger partial charge in [0.2, 0.25) is 0 Å². The minimum absolute atomic E-state index is 0. The van der Waals surface area contributed by atoms with Gasteiger partial charge in [-0.25, -0.2) is 9.36 Å². The number of halogens is 1. The van der Waals surface area contributed by atoms with Crippen LogP contribution < -0.4 is 39.1 Å². The minimum Gasteiger partial charge on any atom is -1.00 e. The van der Waals surface area contributed by atoms with E-state index in [1.54, 1.807) is 0 Å². The lowest BCUT2D eigenvalue weighted by molar-refractivity contribution is -0.671. The Labute approximate surface area is 181 Å². The third-order valence-electron chi connectivity index (χ3n) is 5.70. The van der Waals surface area contributed by atoms with Crippen molar-refractivity contribution in [1.29, 1.82) is 0 Å². The Kier molecular flexibility index (Phi) is 5.27. The van der Waals surface area contributed by atoms with Crippen LogP contribution in [0.3, 0.4) is 0 Å². The molecule has 0 saturated carbocycles.